The van der Waals surface area contributed by atoms with Crippen molar-refractivity contribution in [2.24, 2.45) is 0 Å². The van der Waals surface area contributed by atoms with Crippen LogP contribution in [0.25, 0.3) is 0 Å². The lowest BCUT2D eigenvalue weighted by Gasteiger charge is -2.14. The van der Waals surface area contributed by atoms with E-state index in [0.717, 1.165) is 6.07 Å². The Bertz CT molecular complexity index is 630. The van der Waals surface area contributed by atoms with Crippen molar-refractivity contribution < 1.29 is 26.0 Å². The first-order valence-corrected chi connectivity index (χ1v) is 8.18. The Morgan fingerprint density at radius 2 is 1.90 bits per heavy atom. The van der Waals surface area contributed by atoms with Gasteiger partial charge in [-0.25, -0.2) is 17.5 Å². The van der Waals surface area contributed by atoms with E-state index < -0.39 is 33.6 Å². The monoisotopic (exact) mass is 346 g/mol. The van der Waals surface area contributed by atoms with Crippen molar-refractivity contribution in [3.05, 3.63) is 23.0 Å². The molecule has 1 rings (SSSR count). The Hall–Kier alpha value is -1.00. The van der Waals surface area contributed by atoms with E-state index in [1.54, 1.807) is 0 Å². The molecule has 1 aromatic rings. The summed E-state index contributed by atoms with van der Waals surface area (Å²) >= 11 is -0.328. The molecule has 0 aliphatic carbocycles. The smallest absolute Gasteiger partial charge is 0.396 e. The van der Waals surface area contributed by atoms with Gasteiger partial charge in [-0.15, -0.1) is 0 Å². The van der Waals surface area contributed by atoms with E-state index >= 15 is 0 Å². The van der Waals surface area contributed by atoms with Crippen LogP contribution in [0.2, 0.25) is 0 Å². The van der Waals surface area contributed by atoms with Gasteiger partial charge in [0.1, 0.15) is 5.82 Å². The van der Waals surface area contributed by atoms with Crippen LogP contribution in [0.3, 0.4) is 0 Å². The third kappa shape index (κ3) is 4.75. The number of alkyl halides is 3. The molecule has 0 unspecified atom stereocenters. The number of anilines is 1. The number of sulfonamides is 1. The van der Waals surface area contributed by atoms with Crippen molar-refractivity contribution in [2.45, 2.75) is 24.3 Å². The van der Waals surface area contributed by atoms with E-state index in [1.165, 1.54) is 13.8 Å². The predicted octanol–water partition coefficient (Wildman–Crippen LogP) is 2.56. The average Bonchev–Trinajstić information content (AvgIpc) is 2.30. The summed E-state index contributed by atoms with van der Waals surface area (Å²) in [6.07, 6.45) is 0. The fraction of sp³-hybridized carbons (Fsp3) is 0.455. The maximum atomic E-state index is 13.4. The molecule has 21 heavy (non-hydrogen) atoms. The van der Waals surface area contributed by atoms with Crippen LogP contribution in [0.1, 0.15) is 11.1 Å². The van der Waals surface area contributed by atoms with Crippen LogP contribution < -0.4 is 10.5 Å². The van der Waals surface area contributed by atoms with Crippen molar-refractivity contribution in [1.29, 1.82) is 0 Å². The van der Waals surface area contributed by atoms with Gasteiger partial charge >= 0.3 is 5.51 Å². The molecular formula is C11H14F4N2O2S2. The molecule has 10 heteroatoms. The first-order valence-electron chi connectivity index (χ1n) is 5.71. The fourth-order valence-electron chi connectivity index (χ4n) is 1.76. The largest absolute Gasteiger partial charge is 0.441 e. The van der Waals surface area contributed by atoms with E-state index in [-0.39, 0.29) is 33.5 Å². The molecule has 0 spiro atoms. The summed E-state index contributed by atoms with van der Waals surface area (Å²) in [5.41, 5.74) is 0.886. The van der Waals surface area contributed by atoms with Gasteiger partial charge in [-0.05, 0) is 42.8 Å². The minimum Gasteiger partial charge on any atom is -0.396 e. The molecule has 0 saturated carbocycles. The average molecular weight is 346 g/mol. The molecule has 0 aliphatic rings. The number of nitrogens with two attached hydrogens (primary N) is 1. The van der Waals surface area contributed by atoms with Gasteiger partial charge in [0.2, 0.25) is 10.0 Å². The van der Waals surface area contributed by atoms with Crippen molar-refractivity contribution in [3.8, 4) is 0 Å². The summed E-state index contributed by atoms with van der Waals surface area (Å²) in [6.45, 7) is 2.32. The minimum atomic E-state index is -4.42. The van der Waals surface area contributed by atoms with E-state index in [4.69, 9.17) is 5.73 Å². The number of nitrogens with one attached hydrogen (secondary N) is 1. The molecule has 120 valence electrons. The lowest BCUT2D eigenvalue weighted by Crippen LogP contribution is -2.28. The van der Waals surface area contributed by atoms with Gasteiger partial charge in [0.15, 0.2) is 0 Å². The van der Waals surface area contributed by atoms with E-state index in [2.05, 4.69) is 0 Å². The number of hydrogen-bond donors (Lipinski definition) is 2. The van der Waals surface area contributed by atoms with E-state index in [9.17, 15) is 26.0 Å². The number of thioether (sulfide) groups is 1. The summed E-state index contributed by atoms with van der Waals surface area (Å²) in [7, 11) is -4.06. The van der Waals surface area contributed by atoms with Gasteiger partial charge in [-0.2, -0.15) is 13.2 Å². The normalized spacial score (nSPS) is 12.7. The number of hydrogen-bond acceptors (Lipinski definition) is 4. The maximum absolute atomic E-state index is 13.4. The van der Waals surface area contributed by atoms with E-state index in [0.29, 0.717) is 0 Å². The highest BCUT2D eigenvalue weighted by atomic mass is 32.2. The molecule has 0 aromatic heterocycles. The zero-order chi connectivity index (χ0) is 16.4. The molecule has 0 saturated heterocycles. The molecule has 0 fully saturated rings. The van der Waals surface area contributed by atoms with Gasteiger partial charge in [0.25, 0.3) is 0 Å². The maximum Gasteiger partial charge on any atom is 0.441 e. The fourth-order valence-corrected chi connectivity index (χ4v) is 3.83. The highest BCUT2D eigenvalue weighted by molar-refractivity contribution is 8.00. The molecule has 0 radical (unpaired) electrons. The van der Waals surface area contributed by atoms with Gasteiger partial charge in [0.05, 0.1) is 10.6 Å². The first kappa shape index (κ1) is 18.1. The molecule has 0 aliphatic heterocycles. The molecule has 0 heterocycles. The molecule has 0 amide bonds. The van der Waals surface area contributed by atoms with Crippen molar-refractivity contribution in [3.63, 3.8) is 0 Å². The van der Waals surface area contributed by atoms with Crippen LogP contribution in [-0.2, 0) is 10.0 Å². The summed E-state index contributed by atoms with van der Waals surface area (Å²) in [5.74, 6) is -1.20. The summed E-state index contributed by atoms with van der Waals surface area (Å²) < 4.78 is 75.4. The van der Waals surface area contributed by atoms with Crippen LogP contribution in [-0.4, -0.2) is 26.2 Å². The molecule has 3 N–H and O–H groups in total. The second-order valence-electron chi connectivity index (χ2n) is 4.24. The highest BCUT2D eigenvalue weighted by Crippen LogP contribution is 2.30. The van der Waals surface area contributed by atoms with E-state index in [1.807, 2.05) is 4.72 Å². The zero-order valence-corrected chi connectivity index (χ0v) is 12.8. The van der Waals surface area contributed by atoms with Crippen LogP contribution in [0.5, 0.6) is 0 Å². The third-order valence-electron chi connectivity index (χ3n) is 2.63. The predicted molar refractivity (Wildman–Crippen MR) is 74.0 cm³/mol. The summed E-state index contributed by atoms with van der Waals surface area (Å²) in [4.78, 5) is -0.210. The quantitative estimate of drug-likeness (QED) is 0.488. The standard InChI is InChI=1S/C11H14F4N2O2S2/c1-6-5-8(12)9(16)7(2)10(6)21(18,19)17-3-4-20-11(13,14)15/h5,17H,3-4,16H2,1-2H3. The molecular weight excluding hydrogens is 332 g/mol. The number of benzene rings is 1. The Kier molecular flexibility index (Phi) is 5.51. The van der Waals surface area contributed by atoms with Gasteiger partial charge < -0.3 is 5.73 Å². The number of halogens is 4. The Labute approximate surface area is 124 Å². The van der Waals surface area contributed by atoms with Crippen molar-refractivity contribution >= 4 is 27.5 Å². The second kappa shape index (κ2) is 6.41. The van der Waals surface area contributed by atoms with Gasteiger partial charge in [-0.1, -0.05) is 0 Å². The van der Waals surface area contributed by atoms with Crippen LogP contribution in [0, 0.1) is 19.7 Å². The number of nitrogen functional groups attached to an aromatic ring is 1. The SMILES string of the molecule is Cc1cc(F)c(N)c(C)c1S(=O)(=O)NCCSC(F)(F)F. The molecule has 0 bridgehead atoms. The first-order chi connectivity index (χ1) is 9.46. The zero-order valence-electron chi connectivity index (χ0n) is 11.2. The Morgan fingerprint density at radius 3 is 2.43 bits per heavy atom. The van der Waals surface area contributed by atoms with Crippen molar-refractivity contribution in [1.82, 2.24) is 4.72 Å². The second-order valence-corrected chi connectivity index (χ2v) is 7.10. The molecule has 1 aromatic carbocycles. The lowest BCUT2D eigenvalue weighted by atomic mass is 10.1. The van der Waals surface area contributed by atoms with Gasteiger partial charge in [-0.3, -0.25) is 0 Å². The molecule has 0 atom stereocenters. The van der Waals surface area contributed by atoms with Crippen LogP contribution >= 0.6 is 11.8 Å². The topological polar surface area (TPSA) is 72.2 Å². The Balaban J connectivity index is 2.92. The number of rotatable bonds is 5. The lowest BCUT2D eigenvalue weighted by molar-refractivity contribution is -0.0327. The van der Waals surface area contributed by atoms with Crippen LogP contribution in [0.15, 0.2) is 11.0 Å². The molecule has 4 nitrogen and oxygen atoms in total. The highest BCUT2D eigenvalue weighted by Gasteiger charge is 2.28. The van der Waals surface area contributed by atoms with Gasteiger partial charge in [0, 0.05) is 12.3 Å². The Morgan fingerprint density at radius 1 is 1.33 bits per heavy atom. The summed E-state index contributed by atoms with van der Waals surface area (Å²) in [6, 6.07) is 0.974. The van der Waals surface area contributed by atoms with Crippen LogP contribution in [0.4, 0.5) is 23.2 Å². The van der Waals surface area contributed by atoms with Crippen molar-refractivity contribution in [2.75, 3.05) is 18.0 Å². The third-order valence-corrected chi connectivity index (χ3v) is 5.12. The number of aryl methyl sites for hydroxylation is 1. The minimum absolute atomic E-state index is 0.0310. The summed E-state index contributed by atoms with van der Waals surface area (Å²) in [5, 5.41) is 0.